The highest BCUT2D eigenvalue weighted by Gasteiger charge is 2.30. The largest absolute Gasteiger partial charge is 0.469 e. The van der Waals surface area contributed by atoms with E-state index in [0.717, 1.165) is 6.42 Å². The third-order valence-corrected chi connectivity index (χ3v) is 2.86. The monoisotopic (exact) mass is 202 g/mol. The van der Waals surface area contributed by atoms with E-state index in [2.05, 4.69) is 24.3 Å². The molecule has 0 saturated carbocycles. The Labute approximate surface area is 89.6 Å². The molecule has 2 heteroatoms. The minimum absolute atomic E-state index is 0.0441. The summed E-state index contributed by atoms with van der Waals surface area (Å²) in [5, 5.41) is 0. The number of methoxy groups -OCH3 is 1. The minimum atomic E-state index is -0.117. The third-order valence-electron chi connectivity index (χ3n) is 2.86. The molecule has 1 aliphatic carbocycles. The van der Waals surface area contributed by atoms with Crippen LogP contribution < -0.4 is 0 Å². The van der Waals surface area contributed by atoms with Gasteiger partial charge < -0.3 is 4.74 Å². The van der Waals surface area contributed by atoms with E-state index in [1.807, 2.05) is 18.2 Å². The summed E-state index contributed by atoms with van der Waals surface area (Å²) in [6.07, 6.45) is 4.93. The molecule has 2 atom stereocenters. The van der Waals surface area contributed by atoms with Crippen LogP contribution in [0.2, 0.25) is 0 Å². The van der Waals surface area contributed by atoms with Gasteiger partial charge in [-0.15, -0.1) is 0 Å². The van der Waals surface area contributed by atoms with Gasteiger partial charge in [-0.3, -0.25) is 4.79 Å². The smallest absolute Gasteiger partial charge is 0.309 e. The van der Waals surface area contributed by atoms with E-state index < -0.39 is 0 Å². The van der Waals surface area contributed by atoms with Crippen LogP contribution in [0.15, 0.2) is 42.5 Å². The highest BCUT2D eigenvalue weighted by molar-refractivity contribution is 5.75. The Bertz CT molecular complexity index is 367. The molecule has 1 aromatic rings. The zero-order chi connectivity index (χ0) is 10.7. The second-order valence-electron chi connectivity index (χ2n) is 3.73. The van der Waals surface area contributed by atoms with Crippen LogP contribution in [0, 0.1) is 5.92 Å². The fourth-order valence-electron chi connectivity index (χ4n) is 2.07. The van der Waals surface area contributed by atoms with Gasteiger partial charge in [0.15, 0.2) is 0 Å². The van der Waals surface area contributed by atoms with Gasteiger partial charge in [-0.25, -0.2) is 0 Å². The van der Waals surface area contributed by atoms with Crippen molar-refractivity contribution in [2.24, 2.45) is 5.92 Å². The van der Waals surface area contributed by atoms with Gasteiger partial charge in [0, 0.05) is 5.92 Å². The molecule has 0 amide bonds. The molecule has 0 fully saturated rings. The van der Waals surface area contributed by atoms with Crippen LogP contribution in [0.5, 0.6) is 0 Å². The fraction of sp³-hybridized carbons (Fsp3) is 0.308. The summed E-state index contributed by atoms with van der Waals surface area (Å²) in [7, 11) is 1.45. The summed E-state index contributed by atoms with van der Waals surface area (Å²) in [4.78, 5) is 11.5. The number of carbonyl (C=O) groups is 1. The summed E-state index contributed by atoms with van der Waals surface area (Å²) < 4.78 is 4.81. The zero-order valence-electron chi connectivity index (χ0n) is 8.72. The lowest BCUT2D eigenvalue weighted by Gasteiger charge is -2.17. The first-order chi connectivity index (χ1) is 7.33. The van der Waals surface area contributed by atoms with Crippen molar-refractivity contribution in [1.29, 1.82) is 0 Å². The normalized spacial score (nSPS) is 24.1. The Balaban J connectivity index is 2.22. The first-order valence-corrected chi connectivity index (χ1v) is 5.12. The van der Waals surface area contributed by atoms with Gasteiger partial charge in [0.2, 0.25) is 0 Å². The number of hydrogen-bond acceptors (Lipinski definition) is 2. The summed E-state index contributed by atoms with van der Waals surface area (Å²) in [6.45, 7) is 0. The molecule has 0 heterocycles. The predicted molar refractivity (Wildman–Crippen MR) is 58.4 cm³/mol. The zero-order valence-corrected chi connectivity index (χ0v) is 8.72. The number of ether oxygens (including phenoxy) is 1. The molecule has 0 N–H and O–H groups in total. The van der Waals surface area contributed by atoms with Crippen LogP contribution in [-0.2, 0) is 9.53 Å². The van der Waals surface area contributed by atoms with Gasteiger partial charge in [-0.05, 0) is 12.0 Å². The van der Waals surface area contributed by atoms with Crippen LogP contribution in [0.3, 0.4) is 0 Å². The number of benzene rings is 1. The van der Waals surface area contributed by atoms with Crippen molar-refractivity contribution in [2.45, 2.75) is 12.3 Å². The summed E-state index contributed by atoms with van der Waals surface area (Å²) >= 11 is 0. The molecular formula is C13H14O2. The molecule has 0 spiro atoms. The molecule has 2 nitrogen and oxygen atoms in total. The first-order valence-electron chi connectivity index (χ1n) is 5.12. The Hall–Kier alpha value is -1.57. The highest BCUT2D eigenvalue weighted by Crippen LogP contribution is 2.34. The second-order valence-corrected chi connectivity index (χ2v) is 3.73. The van der Waals surface area contributed by atoms with Crippen molar-refractivity contribution in [2.75, 3.05) is 7.11 Å². The lowest BCUT2D eigenvalue weighted by Crippen LogP contribution is -2.19. The van der Waals surface area contributed by atoms with Gasteiger partial charge in [-0.1, -0.05) is 42.5 Å². The van der Waals surface area contributed by atoms with Crippen LogP contribution in [-0.4, -0.2) is 13.1 Å². The maximum absolute atomic E-state index is 11.5. The van der Waals surface area contributed by atoms with Crippen molar-refractivity contribution < 1.29 is 9.53 Å². The van der Waals surface area contributed by atoms with Crippen LogP contribution in [0.25, 0.3) is 0 Å². The van der Waals surface area contributed by atoms with Crippen molar-refractivity contribution >= 4 is 5.97 Å². The van der Waals surface area contributed by atoms with E-state index in [-0.39, 0.29) is 17.8 Å². The molecule has 0 aromatic heterocycles. The molecule has 78 valence electrons. The Morgan fingerprint density at radius 2 is 2.07 bits per heavy atom. The lowest BCUT2D eigenvalue weighted by atomic mass is 9.89. The Morgan fingerprint density at radius 3 is 2.73 bits per heavy atom. The van der Waals surface area contributed by atoms with Crippen molar-refractivity contribution in [3.63, 3.8) is 0 Å². The van der Waals surface area contributed by atoms with E-state index in [1.165, 1.54) is 12.7 Å². The second kappa shape index (κ2) is 4.30. The molecule has 0 saturated heterocycles. The van der Waals surface area contributed by atoms with E-state index in [9.17, 15) is 4.79 Å². The number of rotatable bonds is 2. The Kier molecular flexibility index (Phi) is 2.86. The molecule has 1 aliphatic rings. The lowest BCUT2D eigenvalue weighted by molar-refractivity contribution is -0.145. The summed E-state index contributed by atoms with van der Waals surface area (Å²) in [5.41, 5.74) is 1.18. The van der Waals surface area contributed by atoms with Gasteiger partial charge in [0.1, 0.15) is 0 Å². The molecule has 15 heavy (non-hydrogen) atoms. The highest BCUT2D eigenvalue weighted by atomic mass is 16.5. The van der Waals surface area contributed by atoms with E-state index in [4.69, 9.17) is 4.74 Å². The topological polar surface area (TPSA) is 26.3 Å². The molecule has 1 aromatic carbocycles. The average molecular weight is 202 g/mol. The summed E-state index contributed by atoms with van der Waals surface area (Å²) in [6, 6.07) is 10.1. The summed E-state index contributed by atoms with van der Waals surface area (Å²) in [5.74, 6) is 0.0184. The third kappa shape index (κ3) is 1.94. The first kappa shape index (κ1) is 9.97. The maximum Gasteiger partial charge on any atom is 0.309 e. The maximum atomic E-state index is 11.5. The van der Waals surface area contributed by atoms with Crippen LogP contribution in [0.1, 0.15) is 17.9 Å². The molecule has 0 aliphatic heterocycles. The van der Waals surface area contributed by atoms with Gasteiger partial charge in [0.05, 0.1) is 13.0 Å². The number of allylic oxidation sites excluding steroid dienone is 2. The number of esters is 1. The van der Waals surface area contributed by atoms with Crippen molar-refractivity contribution in [1.82, 2.24) is 0 Å². The van der Waals surface area contributed by atoms with Gasteiger partial charge in [-0.2, -0.15) is 0 Å². The standard InChI is InChI=1S/C13H14O2/c1-15-13(14)12-9-5-8-11(12)10-6-3-2-4-7-10/h2-8,11-12H,9H2,1H3. The van der Waals surface area contributed by atoms with Gasteiger partial charge in [0.25, 0.3) is 0 Å². The van der Waals surface area contributed by atoms with Crippen molar-refractivity contribution in [3.05, 3.63) is 48.0 Å². The number of carbonyl (C=O) groups excluding carboxylic acids is 1. The average Bonchev–Trinajstić information content (AvgIpc) is 2.78. The predicted octanol–water partition coefficient (Wildman–Crippen LogP) is 2.52. The fourth-order valence-corrected chi connectivity index (χ4v) is 2.07. The quantitative estimate of drug-likeness (QED) is 0.544. The van der Waals surface area contributed by atoms with E-state index in [1.54, 1.807) is 0 Å². The van der Waals surface area contributed by atoms with E-state index in [0.29, 0.717) is 0 Å². The molecule has 0 radical (unpaired) electrons. The van der Waals surface area contributed by atoms with Crippen molar-refractivity contribution in [3.8, 4) is 0 Å². The molecule has 0 bridgehead atoms. The SMILES string of the molecule is COC(=O)C1CC=CC1c1ccccc1. The van der Waals surface area contributed by atoms with Crippen LogP contribution >= 0.6 is 0 Å². The van der Waals surface area contributed by atoms with Gasteiger partial charge >= 0.3 is 5.97 Å². The van der Waals surface area contributed by atoms with E-state index >= 15 is 0 Å². The minimum Gasteiger partial charge on any atom is -0.469 e. The Morgan fingerprint density at radius 1 is 1.33 bits per heavy atom. The molecular weight excluding hydrogens is 188 g/mol. The number of hydrogen-bond donors (Lipinski definition) is 0. The van der Waals surface area contributed by atoms with Crippen LogP contribution in [0.4, 0.5) is 0 Å². The molecule has 2 rings (SSSR count). The molecule has 2 unspecified atom stereocenters.